The third-order valence-corrected chi connectivity index (χ3v) is 5.41. The summed E-state index contributed by atoms with van der Waals surface area (Å²) in [6.07, 6.45) is 1.77. The summed E-state index contributed by atoms with van der Waals surface area (Å²) in [7, 11) is 1.63. The number of nitrogens with zero attached hydrogens (tertiary/aromatic N) is 4. The number of carbonyl (C=O) groups excluding carboxylic acids is 1. The van der Waals surface area contributed by atoms with Crippen molar-refractivity contribution >= 4 is 34.1 Å². The Morgan fingerprint density at radius 2 is 2.15 bits per heavy atom. The Hall–Kier alpha value is -2.65. The largest absolute Gasteiger partial charge is 0.497 e. The number of carbonyl (C=O) groups is 1. The lowest BCUT2D eigenvalue weighted by Gasteiger charge is -2.05. The van der Waals surface area contributed by atoms with Crippen LogP contribution in [0, 0.1) is 6.92 Å². The molecule has 9 heteroatoms. The van der Waals surface area contributed by atoms with Gasteiger partial charge in [-0.05, 0) is 31.2 Å². The molecule has 0 bridgehead atoms. The summed E-state index contributed by atoms with van der Waals surface area (Å²) in [6.45, 7) is 6.21. The fourth-order valence-electron chi connectivity index (χ4n) is 2.32. The van der Waals surface area contributed by atoms with E-state index < -0.39 is 0 Å². The molecule has 2 heterocycles. The summed E-state index contributed by atoms with van der Waals surface area (Å²) in [5.74, 6) is 1.68. The number of nitrogens with one attached hydrogen (secondary N) is 1. The van der Waals surface area contributed by atoms with Gasteiger partial charge >= 0.3 is 0 Å². The zero-order chi connectivity index (χ0) is 19.2. The van der Waals surface area contributed by atoms with Crippen molar-refractivity contribution in [3.63, 3.8) is 0 Å². The molecule has 27 heavy (non-hydrogen) atoms. The SMILES string of the molecule is C=CCn1c(C)nnc1SCC(=O)Nc1nc(-c2ccc(OC)cc2)cs1. The first-order valence-corrected chi connectivity index (χ1v) is 10.0. The minimum atomic E-state index is -0.138. The number of thiazole rings is 1. The third kappa shape index (κ3) is 4.75. The van der Waals surface area contributed by atoms with Crippen LogP contribution in [0.25, 0.3) is 11.3 Å². The third-order valence-electron chi connectivity index (χ3n) is 3.68. The van der Waals surface area contributed by atoms with Crippen molar-refractivity contribution in [2.45, 2.75) is 18.6 Å². The quantitative estimate of drug-likeness (QED) is 0.458. The Bertz CT molecular complexity index is 934. The Balaban J connectivity index is 1.58. The summed E-state index contributed by atoms with van der Waals surface area (Å²) < 4.78 is 7.07. The maximum atomic E-state index is 12.2. The van der Waals surface area contributed by atoms with E-state index in [2.05, 4.69) is 27.1 Å². The number of amides is 1. The van der Waals surface area contributed by atoms with Crippen LogP contribution in [-0.4, -0.2) is 38.5 Å². The van der Waals surface area contributed by atoms with Gasteiger partial charge in [0.1, 0.15) is 11.6 Å². The van der Waals surface area contributed by atoms with Gasteiger partial charge < -0.3 is 14.6 Å². The van der Waals surface area contributed by atoms with Crippen molar-refractivity contribution in [3.8, 4) is 17.0 Å². The molecular formula is C18H19N5O2S2. The Labute approximate surface area is 165 Å². The number of methoxy groups -OCH3 is 1. The lowest BCUT2D eigenvalue weighted by atomic mass is 10.2. The van der Waals surface area contributed by atoms with Gasteiger partial charge in [-0.15, -0.1) is 28.1 Å². The minimum absolute atomic E-state index is 0.138. The van der Waals surface area contributed by atoms with Crippen LogP contribution >= 0.6 is 23.1 Å². The topological polar surface area (TPSA) is 81.9 Å². The number of benzene rings is 1. The predicted molar refractivity (Wildman–Crippen MR) is 108 cm³/mol. The van der Waals surface area contributed by atoms with Crippen LogP contribution in [0.1, 0.15) is 5.82 Å². The minimum Gasteiger partial charge on any atom is -0.497 e. The zero-order valence-electron chi connectivity index (χ0n) is 15.0. The number of rotatable bonds is 8. The highest BCUT2D eigenvalue weighted by Crippen LogP contribution is 2.26. The van der Waals surface area contributed by atoms with Crippen molar-refractivity contribution < 1.29 is 9.53 Å². The second-order valence-electron chi connectivity index (χ2n) is 5.53. The second-order valence-corrected chi connectivity index (χ2v) is 7.33. The highest BCUT2D eigenvalue weighted by Gasteiger charge is 2.12. The first-order valence-electron chi connectivity index (χ1n) is 8.14. The van der Waals surface area contributed by atoms with E-state index >= 15 is 0 Å². The van der Waals surface area contributed by atoms with Gasteiger partial charge in [0.25, 0.3) is 0 Å². The van der Waals surface area contributed by atoms with Crippen LogP contribution in [0.2, 0.25) is 0 Å². The van der Waals surface area contributed by atoms with Crippen LogP contribution in [0.4, 0.5) is 5.13 Å². The van der Waals surface area contributed by atoms with E-state index in [1.54, 1.807) is 13.2 Å². The van der Waals surface area contributed by atoms with Crippen LogP contribution in [0.15, 0.2) is 47.5 Å². The molecule has 3 aromatic rings. The normalized spacial score (nSPS) is 10.6. The van der Waals surface area contributed by atoms with Crippen molar-refractivity contribution in [2.75, 3.05) is 18.2 Å². The predicted octanol–water partition coefficient (Wildman–Crippen LogP) is 3.64. The van der Waals surface area contributed by atoms with Gasteiger partial charge in [0, 0.05) is 17.5 Å². The van der Waals surface area contributed by atoms with Crippen LogP contribution in [0.3, 0.4) is 0 Å². The highest BCUT2D eigenvalue weighted by molar-refractivity contribution is 7.99. The number of hydrogen-bond donors (Lipinski definition) is 1. The molecule has 0 radical (unpaired) electrons. The number of anilines is 1. The maximum Gasteiger partial charge on any atom is 0.236 e. The van der Waals surface area contributed by atoms with E-state index in [0.717, 1.165) is 22.8 Å². The summed E-state index contributed by atoms with van der Waals surface area (Å²) in [4.78, 5) is 16.7. The number of hydrogen-bond acceptors (Lipinski definition) is 7. The molecule has 2 aromatic heterocycles. The summed E-state index contributed by atoms with van der Waals surface area (Å²) in [5, 5.41) is 14.1. The van der Waals surface area contributed by atoms with Crippen molar-refractivity contribution in [2.24, 2.45) is 0 Å². The molecular weight excluding hydrogens is 382 g/mol. The molecule has 0 unspecified atom stereocenters. The fraction of sp³-hybridized carbons (Fsp3) is 0.222. The molecule has 1 N–H and O–H groups in total. The van der Waals surface area contributed by atoms with E-state index in [4.69, 9.17) is 4.74 Å². The molecule has 1 amide bonds. The van der Waals surface area contributed by atoms with E-state index in [1.807, 2.05) is 41.1 Å². The van der Waals surface area contributed by atoms with Gasteiger partial charge in [-0.2, -0.15) is 0 Å². The molecule has 0 spiro atoms. The second kappa shape index (κ2) is 8.83. The first kappa shape index (κ1) is 19.1. The van der Waals surface area contributed by atoms with Gasteiger partial charge in [0.2, 0.25) is 5.91 Å². The average Bonchev–Trinajstić information content (AvgIpc) is 3.28. The molecule has 0 aliphatic rings. The molecule has 7 nitrogen and oxygen atoms in total. The molecule has 0 aliphatic carbocycles. The molecule has 0 atom stereocenters. The van der Waals surface area contributed by atoms with E-state index in [-0.39, 0.29) is 11.7 Å². The number of ether oxygens (including phenoxy) is 1. The van der Waals surface area contributed by atoms with Gasteiger partial charge in [0.05, 0.1) is 18.6 Å². The van der Waals surface area contributed by atoms with E-state index in [0.29, 0.717) is 16.8 Å². The summed E-state index contributed by atoms with van der Waals surface area (Å²) in [5.41, 5.74) is 1.78. The average molecular weight is 402 g/mol. The molecule has 0 fully saturated rings. The van der Waals surface area contributed by atoms with E-state index in [9.17, 15) is 4.79 Å². The van der Waals surface area contributed by atoms with Crippen molar-refractivity contribution in [1.82, 2.24) is 19.7 Å². The lowest BCUT2D eigenvalue weighted by molar-refractivity contribution is -0.113. The maximum absolute atomic E-state index is 12.2. The number of allylic oxidation sites excluding steroid dienone is 1. The molecule has 0 aliphatic heterocycles. The smallest absolute Gasteiger partial charge is 0.236 e. The fourth-order valence-corrected chi connectivity index (χ4v) is 3.85. The number of aromatic nitrogens is 4. The van der Waals surface area contributed by atoms with Gasteiger partial charge in [-0.3, -0.25) is 4.79 Å². The van der Waals surface area contributed by atoms with Gasteiger partial charge in [-0.25, -0.2) is 4.98 Å². The van der Waals surface area contributed by atoms with Crippen molar-refractivity contribution in [1.29, 1.82) is 0 Å². The number of thioether (sulfide) groups is 1. The Morgan fingerprint density at radius 1 is 1.37 bits per heavy atom. The standard InChI is InChI=1S/C18H19N5O2S2/c1-4-9-23-12(2)21-22-18(23)27-11-16(24)20-17-19-15(10-26-17)13-5-7-14(25-3)8-6-13/h4-8,10H,1,9,11H2,2-3H3,(H,19,20,24). The Kier molecular flexibility index (Phi) is 6.25. The monoisotopic (exact) mass is 401 g/mol. The molecule has 3 rings (SSSR count). The lowest BCUT2D eigenvalue weighted by Crippen LogP contribution is -2.14. The Morgan fingerprint density at radius 3 is 2.85 bits per heavy atom. The molecule has 0 saturated carbocycles. The molecule has 140 valence electrons. The zero-order valence-corrected chi connectivity index (χ0v) is 16.6. The first-order chi connectivity index (χ1) is 13.1. The van der Waals surface area contributed by atoms with Crippen LogP contribution < -0.4 is 10.1 Å². The van der Waals surface area contributed by atoms with Gasteiger partial charge in [0.15, 0.2) is 10.3 Å². The molecule has 0 saturated heterocycles. The van der Waals surface area contributed by atoms with Gasteiger partial charge in [-0.1, -0.05) is 17.8 Å². The summed E-state index contributed by atoms with van der Waals surface area (Å²) in [6, 6.07) is 7.63. The summed E-state index contributed by atoms with van der Waals surface area (Å²) >= 11 is 2.72. The molecule has 1 aromatic carbocycles. The number of aryl methyl sites for hydroxylation is 1. The van der Waals surface area contributed by atoms with Crippen LogP contribution in [-0.2, 0) is 11.3 Å². The van der Waals surface area contributed by atoms with Crippen LogP contribution in [0.5, 0.6) is 5.75 Å². The highest BCUT2D eigenvalue weighted by atomic mass is 32.2. The van der Waals surface area contributed by atoms with E-state index in [1.165, 1.54) is 23.1 Å². The van der Waals surface area contributed by atoms with Crippen molar-refractivity contribution in [3.05, 3.63) is 48.1 Å².